The molecule has 13 heavy (non-hydrogen) atoms. The fraction of sp³-hybridized carbons (Fsp3) is 0.900. The lowest BCUT2D eigenvalue weighted by Crippen LogP contribution is -2.46. The number of primary amides is 1. The van der Waals surface area contributed by atoms with Gasteiger partial charge in [0.1, 0.15) is 0 Å². The SMILES string of the molecule is NC(=O)C1CCC2NCCCC2C1. The molecule has 74 valence electrons. The zero-order chi connectivity index (χ0) is 9.26. The second-order valence-electron chi connectivity index (χ2n) is 4.38. The molecule has 3 unspecified atom stereocenters. The molecule has 2 rings (SSSR count). The largest absolute Gasteiger partial charge is 0.369 e. The maximum atomic E-state index is 11.0. The summed E-state index contributed by atoms with van der Waals surface area (Å²) in [7, 11) is 0. The highest BCUT2D eigenvalue weighted by Crippen LogP contribution is 2.33. The van der Waals surface area contributed by atoms with Gasteiger partial charge in [-0.25, -0.2) is 0 Å². The maximum Gasteiger partial charge on any atom is 0.220 e. The van der Waals surface area contributed by atoms with Crippen molar-refractivity contribution in [1.82, 2.24) is 5.32 Å². The van der Waals surface area contributed by atoms with E-state index in [-0.39, 0.29) is 11.8 Å². The smallest absolute Gasteiger partial charge is 0.220 e. The summed E-state index contributed by atoms with van der Waals surface area (Å²) < 4.78 is 0. The van der Waals surface area contributed by atoms with Gasteiger partial charge in [0, 0.05) is 12.0 Å². The van der Waals surface area contributed by atoms with Crippen LogP contribution in [0.5, 0.6) is 0 Å². The van der Waals surface area contributed by atoms with Crippen molar-refractivity contribution in [3.8, 4) is 0 Å². The van der Waals surface area contributed by atoms with Gasteiger partial charge in [-0.05, 0) is 44.6 Å². The Labute approximate surface area is 79.1 Å². The molecule has 2 fully saturated rings. The van der Waals surface area contributed by atoms with Crippen LogP contribution in [0, 0.1) is 11.8 Å². The Balaban J connectivity index is 1.95. The van der Waals surface area contributed by atoms with Crippen LogP contribution in [-0.2, 0) is 4.79 Å². The van der Waals surface area contributed by atoms with E-state index in [0.717, 1.165) is 25.8 Å². The summed E-state index contributed by atoms with van der Waals surface area (Å²) >= 11 is 0. The van der Waals surface area contributed by atoms with Crippen LogP contribution >= 0.6 is 0 Å². The summed E-state index contributed by atoms with van der Waals surface area (Å²) in [6.45, 7) is 1.16. The van der Waals surface area contributed by atoms with Crippen molar-refractivity contribution >= 4 is 5.91 Å². The second-order valence-corrected chi connectivity index (χ2v) is 4.38. The topological polar surface area (TPSA) is 55.1 Å². The number of fused-ring (bicyclic) bond motifs is 1. The predicted octanol–water partition coefficient (Wildman–Crippen LogP) is 0.640. The van der Waals surface area contributed by atoms with Crippen molar-refractivity contribution in [3.05, 3.63) is 0 Å². The zero-order valence-corrected chi connectivity index (χ0v) is 7.96. The quantitative estimate of drug-likeness (QED) is 0.625. The molecule has 1 aliphatic carbocycles. The first-order valence-corrected chi connectivity index (χ1v) is 5.30. The van der Waals surface area contributed by atoms with Crippen molar-refractivity contribution in [1.29, 1.82) is 0 Å². The third kappa shape index (κ3) is 1.85. The lowest BCUT2D eigenvalue weighted by molar-refractivity contribution is -0.123. The molecule has 1 saturated carbocycles. The lowest BCUT2D eigenvalue weighted by Gasteiger charge is -2.38. The number of nitrogens with one attached hydrogen (secondary N) is 1. The number of carbonyl (C=O) groups is 1. The second kappa shape index (κ2) is 3.66. The number of nitrogens with two attached hydrogens (primary N) is 1. The predicted molar refractivity (Wildman–Crippen MR) is 51.1 cm³/mol. The third-order valence-electron chi connectivity index (χ3n) is 3.54. The van der Waals surface area contributed by atoms with E-state index in [1.165, 1.54) is 12.8 Å². The average molecular weight is 182 g/mol. The molecule has 0 aromatic carbocycles. The van der Waals surface area contributed by atoms with E-state index >= 15 is 0 Å². The molecular weight excluding hydrogens is 164 g/mol. The maximum absolute atomic E-state index is 11.0. The molecule has 0 radical (unpaired) electrons. The summed E-state index contributed by atoms with van der Waals surface area (Å²) in [5.41, 5.74) is 5.33. The molecule has 1 saturated heterocycles. The van der Waals surface area contributed by atoms with Gasteiger partial charge in [-0.3, -0.25) is 4.79 Å². The van der Waals surface area contributed by atoms with Crippen LogP contribution in [-0.4, -0.2) is 18.5 Å². The first-order valence-electron chi connectivity index (χ1n) is 5.30. The Morgan fingerprint density at radius 1 is 1.31 bits per heavy atom. The van der Waals surface area contributed by atoms with Gasteiger partial charge in [0.15, 0.2) is 0 Å². The minimum Gasteiger partial charge on any atom is -0.369 e. The van der Waals surface area contributed by atoms with E-state index < -0.39 is 0 Å². The number of hydrogen-bond donors (Lipinski definition) is 2. The third-order valence-corrected chi connectivity index (χ3v) is 3.54. The van der Waals surface area contributed by atoms with E-state index in [0.29, 0.717) is 12.0 Å². The van der Waals surface area contributed by atoms with Gasteiger partial charge < -0.3 is 11.1 Å². The van der Waals surface area contributed by atoms with Gasteiger partial charge in [0.25, 0.3) is 0 Å². The van der Waals surface area contributed by atoms with E-state index in [2.05, 4.69) is 5.32 Å². The van der Waals surface area contributed by atoms with Crippen molar-refractivity contribution in [2.75, 3.05) is 6.54 Å². The Bertz CT molecular complexity index is 205. The number of carbonyl (C=O) groups excluding carboxylic acids is 1. The number of amides is 1. The fourth-order valence-corrected chi connectivity index (χ4v) is 2.76. The van der Waals surface area contributed by atoms with Crippen molar-refractivity contribution in [2.45, 2.75) is 38.1 Å². The molecule has 3 nitrogen and oxygen atoms in total. The Kier molecular flexibility index (Phi) is 2.54. The summed E-state index contributed by atoms with van der Waals surface area (Å²) in [6, 6.07) is 0.671. The van der Waals surface area contributed by atoms with Gasteiger partial charge in [0.2, 0.25) is 5.91 Å². The van der Waals surface area contributed by atoms with E-state index in [9.17, 15) is 4.79 Å². The van der Waals surface area contributed by atoms with Crippen LogP contribution in [0.15, 0.2) is 0 Å². The minimum atomic E-state index is -0.0935. The van der Waals surface area contributed by atoms with Crippen LogP contribution in [0.2, 0.25) is 0 Å². The van der Waals surface area contributed by atoms with Crippen molar-refractivity contribution in [3.63, 3.8) is 0 Å². The summed E-state index contributed by atoms with van der Waals surface area (Å²) in [5.74, 6) is 0.769. The number of rotatable bonds is 1. The van der Waals surface area contributed by atoms with E-state index in [1.54, 1.807) is 0 Å². The van der Waals surface area contributed by atoms with Crippen LogP contribution in [0.4, 0.5) is 0 Å². The molecular formula is C10H18N2O. The van der Waals surface area contributed by atoms with Gasteiger partial charge in [-0.15, -0.1) is 0 Å². The molecule has 3 atom stereocenters. The van der Waals surface area contributed by atoms with Crippen LogP contribution in [0.1, 0.15) is 32.1 Å². The molecule has 1 heterocycles. The first-order chi connectivity index (χ1) is 6.27. The molecule has 0 aromatic heterocycles. The highest BCUT2D eigenvalue weighted by molar-refractivity contribution is 5.76. The molecule has 1 amide bonds. The van der Waals surface area contributed by atoms with E-state index in [1.807, 2.05) is 0 Å². The molecule has 0 aromatic rings. The summed E-state index contributed by atoms with van der Waals surface area (Å²) in [6.07, 6.45) is 5.68. The molecule has 1 aliphatic heterocycles. The lowest BCUT2D eigenvalue weighted by atomic mass is 9.74. The Morgan fingerprint density at radius 3 is 2.92 bits per heavy atom. The van der Waals surface area contributed by atoms with Crippen molar-refractivity contribution in [2.24, 2.45) is 17.6 Å². The van der Waals surface area contributed by atoms with Crippen LogP contribution in [0.25, 0.3) is 0 Å². The fourth-order valence-electron chi connectivity index (χ4n) is 2.76. The Morgan fingerprint density at radius 2 is 2.15 bits per heavy atom. The molecule has 2 aliphatic rings. The van der Waals surface area contributed by atoms with Gasteiger partial charge in [-0.2, -0.15) is 0 Å². The van der Waals surface area contributed by atoms with E-state index in [4.69, 9.17) is 5.73 Å². The molecule has 0 spiro atoms. The van der Waals surface area contributed by atoms with Gasteiger partial charge >= 0.3 is 0 Å². The zero-order valence-electron chi connectivity index (χ0n) is 7.96. The average Bonchev–Trinajstić information content (AvgIpc) is 2.17. The summed E-state index contributed by atoms with van der Waals surface area (Å²) in [5, 5.41) is 3.53. The number of hydrogen-bond acceptors (Lipinski definition) is 2. The first kappa shape index (κ1) is 9.00. The van der Waals surface area contributed by atoms with Crippen LogP contribution in [0.3, 0.4) is 0 Å². The Hall–Kier alpha value is -0.570. The van der Waals surface area contributed by atoms with Gasteiger partial charge in [0.05, 0.1) is 0 Å². The van der Waals surface area contributed by atoms with Crippen LogP contribution < -0.4 is 11.1 Å². The van der Waals surface area contributed by atoms with Crippen molar-refractivity contribution < 1.29 is 4.79 Å². The summed E-state index contributed by atoms with van der Waals surface area (Å²) in [4.78, 5) is 11.0. The normalized spacial score (nSPS) is 39.5. The molecule has 0 bridgehead atoms. The number of piperidine rings is 1. The van der Waals surface area contributed by atoms with Gasteiger partial charge in [-0.1, -0.05) is 0 Å². The molecule has 3 heteroatoms. The highest BCUT2D eigenvalue weighted by Gasteiger charge is 2.33. The highest BCUT2D eigenvalue weighted by atomic mass is 16.1. The monoisotopic (exact) mass is 182 g/mol. The minimum absolute atomic E-state index is 0.0935. The molecule has 3 N–H and O–H groups in total. The standard InChI is InChI=1S/C10H18N2O/c11-10(13)8-3-4-9-7(6-8)2-1-5-12-9/h7-9,12H,1-6H2,(H2,11,13).